The Morgan fingerprint density at radius 3 is 2.59 bits per heavy atom. The lowest BCUT2D eigenvalue weighted by atomic mass is 9.89. The van der Waals surface area contributed by atoms with Gasteiger partial charge in [-0.25, -0.2) is 0 Å². The Balaban J connectivity index is 2.27. The van der Waals surface area contributed by atoms with Gasteiger partial charge in [-0.1, -0.05) is 29.3 Å². The van der Waals surface area contributed by atoms with E-state index >= 15 is 0 Å². The van der Waals surface area contributed by atoms with Gasteiger partial charge in [0, 0.05) is 34.2 Å². The van der Waals surface area contributed by atoms with E-state index in [1.54, 1.807) is 0 Å². The normalized spacial score (nSPS) is 22.4. The minimum absolute atomic E-state index is 0.163. The van der Waals surface area contributed by atoms with Gasteiger partial charge in [-0.3, -0.25) is 0 Å². The van der Waals surface area contributed by atoms with Crippen LogP contribution < -0.4 is 5.32 Å². The Hall–Kier alpha value is -0.280. The fraction of sp³-hybridized carbons (Fsp3) is 0.538. The van der Waals surface area contributed by atoms with Gasteiger partial charge in [-0.05, 0) is 32.0 Å². The van der Waals surface area contributed by atoms with Gasteiger partial charge < -0.3 is 10.1 Å². The maximum absolute atomic E-state index is 6.26. The van der Waals surface area contributed by atoms with Crippen LogP contribution in [0.15, 0.2) is 18.2 Å². The maximum atomic E-state index is 6.26. The largest absolute Gasteiger partial charge is 0.381 e. The lowest BCUT2D eigenvalue weighted by Gasteiger charge is -2.31. The van der Waals surface area contributed by atoms with Crippen molar-refractivity contribution in [1.82, 2.24) is 5.32 Å². The van der Waals surface area contributed by atoms with Gasteiger partial charge >= 0.3 is 0 Å². The number of nitrogens with one attached hydrogen (secondary N) is 1. The Labute approximate surface area is 112 Å². The molecule has 2 atom stereocenters. The molecule has 0 spiro atoms. The van der Waals surface area contributed by atoms with Gasteiger partial charge in [-0.2, -0.15) is 0 Å². The summed E-state index contributed by atoms with van der Waals surface area (Å²) in [5, 5.41) is 4.77. The third-order valence-electron chi connectivity index (χ3n) is 3.29. The topological polar surface area (TPSA) is 21.3 Å². The van der Waals surface area contributed by atoms with Crippen LogP contribution in [0.5, 0.6) is 0 Å². The van der Waals surface area contributed by atoms with Gasteiger partial charge in [0.05, 0.1) is 6.61 Å². The highest BCUT2D eigenvalue weighted by atomic mass is 35.5. The predicted molar refractivity (Wildman–Crippen MR) is 71.8 cm³/mol. The highest BCUT2D eigenvalue weighted by Crippen LogP contribution is 2.36. The van der Waals surface area contributed by atoms with Crippen molar-refractivity contribution in [2.24, 2.45) is 5.92 Å². The fourth-order valence-corrected chi connectivity index (χ4v) is 3.08. The minimum Gasteiger partial charge on any atom is -0.381 e. The molecule has 1 aromatic carbocycles. The van der Waals surface area contributed by atoms with E-state index in [0.29, 0.717) is 5.92 Å². The number of hydrogen-bond acceptors (Lipinski definition) is 2. The highest BCUT2D eigenvalue weighted by molar-refractivity contribution is 6.36. The summed E-state index contributed by atoms with van der Waals surface area (Å²) >= 11 is 12.5. The molecule has 1 aliphatic heterocycles. The molecule has 0 saturated carbocycles. The molecule has 1 aromatic rings. The molecule has 1 heterocycles. The van der Waals surface area contributed by atoms with Crippen molar-refractivity contribution in [2.45, 2.75) is 18.9 Å². The van der Waals surface area contributed by atoms with Crippen molar-refractivity contribution in [3.05, 3.63) is 33.8 Å². The van der Waals surface area contributed by atoms with Gasteiger partial charge in [0.25, 0.3) is 0 Å². The zero-order valence-corrected chi connectivity index (χ0v) is 11.4. The molecule has 4 heteroatoms. The van der Waals surface area contributed by atoms with Gasteiger partial charge in [0.15, 0.2) is 0 Å². The molecular weight excluding hydrogens is 257 g/mol. The first-order valence-corrected chi connectivity index (χ1v) is 6.68. The predicted octanol–water partition coefficient (Wildman–Crippen LogP) is 3.68. The van der Waals surface area contributed by atoms with Gasteiger partial charge in [0.2, 0.25) is 0 Å². The van der Waals surface area contributed by atoms with Crippen LogP contribution in [0.3, 0.4) is 0 Å². The molecule has 0 bridgehead atoms. The molecule has 2 nitrogen and oxygen atoms in total. The molecule has 1 fully saturated rings. The third kappa shape index (κ3) is 2.94. The smallest absolute Gasteiger partial charge is 0.0512 e. The quantitative estimate of drug-likeness (QED) is 0.907. The molecular formula is C13H17Cl2NO. The van der Waals surface area contributed by atoms with Crippen molar-refractivity contribution in [1.29, 1.82) is 0 Å². The average Bonchev–Trinajstić information content (AvgIpc) is 2.35. The Morgan fingerprint density at radius 1 is 1.35 bits per heavy atom. The lowest BCUT2D eigenvalue weighted by molar-refractivity contribution is 0.0402. The van der Waals surface area contributed by atoms with Crippen LogP contribution >= 0.6 is 23.2 Å². The van der Waals surface area contributed by atoms with Crippen LogP contribution in [0.4, 0.5) is 0 Å². The monoisotopic (exact) mass is 273 g/mol. The molecule has 2 rings (SSSR count). The highest BCUT2D eigenvalue weighted by Gasteiger charge is 2.27. The van der Waals surface area contributed by atoms with E-state index < -0.39 is 0 Å². The SMILES string of the molecule is CNC(c1c(Cl)cccc1Cl)C1CCCOC1. The molecule has 1 saturated heterocycles. The number of rotatable bonds is 3. The average molecular weight is 274 g/mol. The second-order valence-electron chi connectivity index (χ2n) is 4.38. The summed E-state index contributed by atoms with van der Waals surface area (Å²) in [7, 11) is 1.94. The van der Waals surface area contributed by atoms with E-state index in [1.165, 1.54) is 0 Å². The van der Waals surface area contributed by atoms with Crippen LogP contribution in [0.1, 0.15) is 24.4 Å². The van der Waals surface area contributed by atoms with Gasteiger partial charge in [0.1, 0.15) is 0 Å². The molecule has 2 unspecified atom stereocenters. The van der Waals surface area contributed by atoms with Crippen LogP contribution in [0.25, 0.3) is 0 Å². The third-order valence-corrected chi connectivity index (χ3v) is 3.95. The number of ether oxygens (including phenoxy) is 1. The standard InChI is InChI=1S/C13H17Cl2NO/c1-16-13(9-4-3-7-17-8-9)12-10(14)5-2-6-11(12)15/h2,5-6,9,13,16H,3-4,7-8H2,1H3. The van der Waals surface area contributed by atoms with Crippen molar-refractivity contribution in [3.63, 3.8) is 0 Å². The summed E-state index contributed by atoms with van der Waals surface area (Å²) < 4.78 is 5.54. The molecule has 17 heavy (non-hydrogen) atoms. The first kappa shape index (κ1) is 13.2. The lowest BCUT2D eigenvalue weighted by Crippen LogP contribution is -2.31. The Bertz CT molecular complexity index is 357. The van der Waals surface area contributed by atoms with Crippen molar-refractivity contribution in [3.8, 4) is 0 Å². The molecule has 1 aliphatic rings. The summed E-state index contributed by atoms with van der Waals surface area (Å²) in [4.78, 5) is 0. The Morgan fingerprint density at radius 2 is 2.06 bits per heavy atom. The Kier molecular flexibility index (Phi) is 4.69. The van der Waals surface area contributed by atoms with Gasteiger partial charge in [-0.15, -0.1) is 0 Å². The second-order valence-corrected chi connectivity index (χ2v) is 5.19. The van der Waals surface area contributed by atoms with Crippen LogP contribution in [0, 0.1) is 5.92 Å². The van der Waals surface area contributed by atoms with E-state index in [1.807, 2.05) is 25.2 Å². The molecule has 1 N–H and O–H groups in total. The zero-order valence-electron chi connectivity index (χ0n) is 9.88. The van der Waals surface area contributed by atoms with Crippen LogP contribution in [-0.4, -0.2) is 20.3 Å². The van der Waals surface area contributed by atoms with E-state index in [2.05, 4.69) is 5.32 Å². The number of halogens is 2. The van der Waals surface area contributed by atoms with E-state index in [9.17, 15) is 0 Å². The maximum Gasteiger partial charge on any atom is 0.0512 e. The van der Waals surface area contributed by atoms with Crippen molar-refractivity contribution >= 4 is 23.2 Å². The summed E-state index contributed by atoms with van der Waals surface area (Å²) in [6, 6.07) is 5.81. The van der Waals surface area contributed by atoms with E-state index in [-0.39, 0.29) is 6.04 Å². The molecule has 94 valence electrons. The van der Waals surface area contributed by atoms with E-state index in [4.69, 9.17) is 27.9 Å². The second kappa shape index (κ2) is 6.05. The minimum atomic E-state index is 0.163. The van der Waals surface area contributed by atoms with Crippen LogP contribution in [-0.2, 0) is 4.74 Å². The molecule has 0 radical (unpaired) electrons. The van der Waals surface area contributed by atoms with Crippen LogP contribution in [0.2, 0.25) is 10.0 Å². The zero-order chi connectivity index (χ0) is 12.3. The van der Waals surface area contributed by atoms with Crippen molar-refractivity contribution < 1.29 is 4.74 Å². The number of benzene rings is 1. The van der Waals surface area contributed by atoms with E-state index in [0.717, 1.165) is 41.7 Å². The van der Waals surface area contributed by atoms with Crippen molar-refractivity contribution in [2.75, 3.05) is 20.3 Å². The molecule has 0 aromatic heterocycles. The summed E-state index contributed by atoms with van der Waals surface area (Å²) in [6.45, 7) is 1.64. The summed E-state index contributed by atoms with van der Waals surface area (Å²) in [5.74, 6) is 0.436. The summed E-state index contributed by atoms with van der Waals surface area (Å²) in [5.41, 5.74) is 0.994. The first-order valence-electron chi connectivity index (χ1n) is 5.93. The fourth-order valence-electron chi connectivity index (χ4n) is 2.45. The first-order chi connectivity index (χ1) is 8.24. The molecule has 0 aliphatic carbocycles. The molecule has 0 amide bonds. The summed E-state index contributed by atoms with van der Waals surface area (Å²) in [6.07, 6.45) is 2.25. The number of hydrogen-bond donors (Lipinski definition) is 1.